The van der Waals surface area contributed by atoms with Crippen LogP contribution in [-0.2, 0) is 0 Å². The van der Waals surface area contributed by atoms with Crippen molar-refractivity contribution in [3.8, 4) is 5.75 Å². The molecule has 0 aliphatic rings. The van der Waals surface area contributed by atoms with Gasteiger partial charge in [0.1, 0.15) is 11.6 Å². The number of phenolic OH excluding ortho intramolecular Hbond substituents is 1. The van der Waals surface area contributed by atoms with Crippen molar-refractivity contribution in [3.63, 3.8) is 0 Å². The molecule has 20 heavy (non-hydrogen) atoms. The zero-order chi connectivity index (χ0) is 14.7. The molecule has 1 amide bonds. The Morgan fingerprint density at radius 1 is 1.15 bits per heavy atom. The molecule has 2 aromatic rings. The topological polar surface area (TPSA) is 99.5 Å². The van der Waals surface area contributed by atoms with Crippen LogP contribution in [0.5, 0.6) is 5.75 Å². The zero-order valence-corrected chi connectivity index (χ0v) is 12.2. The number of carboxylic acids is 1. The molecule has 0 fully saturated rings. The Hall–Kier alpha value is -2.16. The molecule has 102 valence electrons. The Morgan fingerprint density at radius 2 is 1.85 bits per heavy atom. The van der Waals surface area contributed by atoms with Gasteiger partial charge in [0, 0.05) is 11.8 Å². The normalized spacial score (nSPS) is 10.1. The number of benzene rings is 1. The summed E-state index contributed by atoms with van der Waals surface area (Å²) in [4.78, 5) is 26.4. The number of phenols is 1. The van der Waals surface area contributed by atoms with E-state index in [1.807, 2.05) is 22.6 Å². The second-order valence-electron chi connectivity index (χ2n) is 3.86. The number of aromatic hydroxyl groups is 1. The lowest BCUT2D eigenvalue weighted by Crippen LogP contribution is -2.13. The quantitative estimate of drug-likeness (QED) is 0.706. The van der Waals surface area contributed by atoms with Gasteiger partial charge < -0.3 is 15.5 Å². The van der Waals surface area contributed by atoms with Crippen molar-refractivity contribution < 1.29 is 19.8 Å². The number of rotatable bonds is 3. The number of aromatic carboxylic acids is 1. The Morgan fingerprint density at radius 3 is 2.40 bits per heavy atom. The molecule has 0 saturated heterocycles. The van der Waals surface area contributed by atoms with Crippen LogP contribution in [-0.4, -0.2) is 27.1 Å². The largest absolute Gasteiger partial charge is 0.507 e. The molecule has 0 aliphatic heterocycles. The third kappa shape index (κ3) is 3.23. The summed E-state index contributed by atoms with van der Waals surface area (Å²) >= 11 is 1.95. The number of carboxylic acid groups (broad SMARTS) is 1. The van der Waals surface area contributed by atoms with Crippen molar-refractivity contribution >= 4 is 40.3 Å². The summed E-state index contributed by atoms with van der Waals surface area (Å²) in [5.74, 6) is -1.27. The van der Waals surface area contributed by atoms with Crippen LogP contribution in [0.2, 0.25) is 0 Å². The van der Waals surface area contributed by atoms with Crippen LogP contribution in [0.3, 0.4) is 0 Å². The van der Waals surface area contributed by atoms with E-state index in [1.54, 1.807) is 12.1 Å². The highest BCUT2D eigenvalue weighted by Gasteiger charge is 2.10. The van der Waals surface area contributed by atoms with Gasteiger partial charge in [-0.1, -0.05) is 0 Å². The highest BCUT2D eigenvalue weighted by Crippen LogP contribution is 2.21. The van der Waals surface area contributed by atoms with Crippen LogP contribution >= 0.6 is 22.6 Å². The van der Waals surface area contributed by atoms with E-state index in [0.29, 0.717) is 3.57 Å². The van der Waals surface area contributed by atoms with Crippen molar-refractivity contribution in [2.24, 2.45) is 0 Å². The van der Waals surface area contributed by atoms with Gasteiger partial charge in [-0.05, 0) is 52.9 Å². The fourth-order valence-corrected chi connectivity index (χ4v) is 1.77. The fourth-order valence-electron chi connectivity index (χ4n) is 1.44. The summed E-state index contributed by atoms with van der Waals surface area (Å²) in [6.07, 6.45) is 1.16. The monoisotopic (exact) mass is 384 g/mol. The molecule has 2 rings (SSSR count). The molecule has 0 saturated carbocycles. The number of hydrogen-bond acceptors (Lipinski definition) is 4. The Balaban J connectivity index is 2.14. The van der Waals surface area contributed by atoms with E-state index in [2.05, 4.69) is 10.3 Å². The molecule has 0 aliphatic carbocycles. The predicted octanol–water partition coefficient (Wildman–Crippen LogP) is 2.34. The lowest BCUT2D eigenvalue weighted by Gasteiger charge is -2.05. The Bertz CT molecular complexity index is 671. The molecule has 0 atom stereocenters. The van der Waals surface area contributed by atoms with E-state index in [-0.39, 0.29) is 22.7 Å². The van der Waals surface area contributed by atoms with Crippen LogP contribution in [0.4, 0.5) is 5.82 Å². The average molecular weight is 384 g/mol. The van der Waals surface area contributed by atoms with E-state index < -0.39 is 11.9 Å². The number of anilines is 1. The molecule has 1 aromatic carbocycles. The summed E-state index contributed by atoms with van der Waals surface area (Å²) in [7, 11) is 0. The minimum absolute atomic E-state index is 0.0208. The molecule has 6 nitrogen and oxygen atoms in total. The number of halogens is 1. The van der Waals surface area contributed by atoms with E-state index in [0.717, 1.165) is 6.20 Å². The summed E-state index contributed by atoms with van der Waals surface area (Å²) < 4.78 is 0.642. The first-order chi connectivity index (χ1) is 9.47. The molecule has 0 unspecified atom stereocenters. The molecule has 0 bridgehead atoms. The van der Waals surface area contributed by atoms with Crippen molar-refractivity contribution in [1.82, 2.24) is 4.98 Å². The number of amides is 1. The average Bonchev–Trinajstić information content (AvgIpc) is 2.42. The minimum Gasteiger partial charge on any atom is -0.507 e. The van der Waals surface area contributed by atoms with Crippen molar-refractivity contribution in [1.29, 1.82) is 0 Å². The maximum absolute atomic E-state index is 11.9. The van der Waals surface area contributed by atoms with Gasteiger partial charge >= 0.3 is 5.97 Å². The minimum atomic E-state index is -1.09. The van der Waals surface area contributed by atoms with E-state index >= 15 is 0 Å². The number of carbonyl (C=O) groups is 2. The van der Waals surface area contributed by atoms with Crippen LogP contribution < -0.4 is 5.32 Å². The van der Waals surface area contributed by atoms with Gasteiger partial charge in [0.2, 0.25) is 0 Å². The van der Waals surface area contributed by atoms with E-state index in [4.69, 9.17) is 5.11 Å². The molecule has 0 spiro atoms. The molecule has 1 aromatic heterocycles. The van der Waals surface area contributed by atoms with Crippen molar-refractivity contribution in [3.05, 3.63) is 51.2 Å². The SMILES string of the molecule is O=C(O)c1ccc(NC(=O)c2ccc(I)c(O)c2)nc1. The lowest BCUT2D eigenvalue weighted by molar-refractivity contribution is 0.0696. The van der Waals surface area contributed by atoms with Gasteiger partial charge in [0.15, 0.2) is 0 Å². The van der Waals surface area contributed by atoms with Gasteiger partial charge in [-0.25, -0.2) is 9.78 Å². The van der Waals surface area contributed by atoms with E-state index in [9.17, 15) is 14.7 Å². The van der Waals surface area contributed by atoms with Gasteiger partial charge in [0.25, 0.3) is 5.91 Å². The number of aromatic nitrogens is 1. The van der Waals surface area contributed by atoms with Gasteiger partial charge in [-0.15, -0.1) is 0 Å². The van der Waals surface area contributed by atoms with Crippen LogP contribution in [0.25, 0.3) is 0 Å². The number of nitrogens with zero attached hydrogens (tertiary/aromatic N) is 1. The Kier molecular flexibility index (Phi) is 4.18. The zero-order valence-electron chi connectivity index (χ0n) is 10.0. The summed E-state index contributed by atoms with van der Waals surface area (Å²) in [5.41, 5.74) is 0.321. The second-order valence-corrected chi connectivity index (χ2v) is 5.02. The maximum Gasteiger partial charge on any atom is 0.337 e. The van der Waals surface area contributed by atoms with Gasteiger partial charge in [-0.2, -0.15) is 0 Å². The summed E-state index contributed by atoms with van der Waals surface area (Å²) in [6.45, 7) is 0. The molecular weight excluding hydrogens is 375 g/mol. The van der Waals surface area contributed by atoms with Crippen molar-refractivity contribution in [2.75, 3.05) is 5.32 Å². The first kappa shape index (κ1) is 14.3. The third-order valence-electron chi connectivity index (χ3n) is 2.46. The number of carbonyl (C=O) groups excluding carboxylic acids is 1. The number of hydrogen-bond donors (Lipinski definition) is 3. The molecule has 3 N–H and O–H groups in total. The lowest BCUT2D eigenvalue weighted by atomic mass is 10.2. The highest BCUT2D eigenvalue weighted by atomic mass is 127. The summed E-state index contributed by atoms with van der Waals surface area (Å²) in [6, 6.07) is 7.28. The molecule has 7 heteroatoms. The standard InChI is InChI=1S/C13H9IN2O4/c14-9-3-1-7(5-10(9)17)12(18)16-11-4-2-8(6-15-11)13(19)20/h1-6,17H,(H,19,20)(H,15,16,18). The number of pyridine rings is 1. The molecular formula is C13H9IN2O4. The van der Waals surface area contributed by atoms with Crippen LogP contribution in [0.1, 0.15) is 20.7 Å². The van der Waals surface area contributed by atoms with Crippen molar-refractivity contribution in [2.45, 2.75) is 0 Å². The first-order valence-corrected chi connectivity index (χ1v) is 6.54. The van der Waals surface area contributed by atoms with Gasteiger partial charge in [0.05, 0.1) is 9.13 Å². The maximum atomic E-state index is 11.9. The van der Waals surface area contributed by atoms with Gasteiger partial charge in [-0.3, -0.25) is 4.79 Å². The number of nitrogens with one attached hydrogen (secondary N) is 1. The van der Waals surface area contributed by atoms with Crippen LogP contribution in [0.15, 0.2) is 36.5 Å². The predicted molar refractivity (Wildman–Crippen MR) is 80.0 cm³/mol. The molecule has 1 heterocycles. The molecule has 0 radical (unpaired) electrons. The fraction of sp³-hybridized carbons (Fsp3) is 0. The van der Waals surface area contributed by atoms with E-state index in [1.165, 1.54) is 18.2 Å². The Labute approximate surface area is 127 Å². The smallest absolute Gasteiger partial charge is 0.337 e. The highest BCUT2D eigenvalue weighted by molar-refractivity contribution is 14.1. The first-order valence-electron chi connectivity index (χ1n) is 5.46. The van der Waals surface area contributed by atoms with Crippen LogP contribution in [0, 0.1) is 3.57 Å². The third-order valence-corrected chi connectivity index (χ3v) is 3.37. The second kappa shape index (κ2) is 5.87. The summed E-state index contributed by atoms with van der Waals surface area (Å²) in [5, 5.41) is 20.8.